The second-order valence-corrected chi connectivity index (χ2v) is 5.56. The van der Waals surface area contributed by atoms with E-state index in [9.17, 15) is 9.59 Å². The Morgan fingerprint density at radius 1 is 0.870 bits per heavy atom. The van der Waals surface area contributed by atoms with E-state index >= 15 is 0 Å². The fourth-order valence-electron chi connectivity index (χ4n) is 1.90. The topological polar surface area (TPSA) is 52.6 Å². The van der Waals surface area contributed by atoms with Crippen LogP contribution in [0.1, 0.15) is 25.0 Å². The Hall–Kier alpha value is -2.40. The van der Waals surface area contributed by atoms with E-state index in [0.29, 0.717) is 16.0 Å². The highest BCUT2D eigenvalue weighted by Gasteiger charge is 2.13. The van der Waals surface area contributed by atoms with Gasteiger partial charge < -0.3 is 9.47 Å². The van der Waals surface area contributed by atoms with Gasteiger partial charge in [-0.3, -0.25) is 9.59 Å². The average Bonchev–Trinajstić information content (AvgIpc) is 2.49. The summed E-state index contributed by atoms with van der Waals surface area (Å²) in [6.45, 7) is 2.62. The van der Waals surface area contributed by atoms with Crippen LogP contribution >= 0.6 is 15.9 Å². The van der Waals surface area contributed by atoms with E-state index in [2.05, 4.69) is 15.9 Å². The van der Waals surface area contributed by atoms with Crippen LogP contribution in [-0.2, 0) is 9.59 Å². The van der Waals surface area contributed by atoms with E-state index < -0.39 is 11.9 Å². The van der Waals surface area contributed by atoms with E-state index in [0.717, 1.165) is 11.1 Å². The van der Waals surface area contributed by atoms with Gasteiger partial charge in [-0.05, 0) is 39.2 Å². The van der Waals surface area contributed by atoms with Gasteiger partial charge in [0.05, 0.1) is 0 Å². The summed E-state index contributed by atoms with van der Waals surface area (Å²) in [6.07, 6.45) is 3.76. The fraction of sp³-hybridized carbons (Fsp3) is 0.111. The maximum absolute atomic E-state index is 11.2. The van der Waals surface area contributed by atoms with E-state index in [4.69, 9.17) is 9.47 Å². The van der Waals surface area contributed by atoms with Gasteiger partial charge in [0, 0.05) is 13.8 Å². The first-order chi connectivity index (χ1) is 11.0. The zero-order valence-corrected chi connectivity index (χ0v) is 14.3. The first-order valence-electron chi connectivity index (χ1n) is 6.89. The fourth-order valence-corrected chi connectivity index (χ4v) is 2.29. The zero-order valence-electron chi connectivity index (χ0n) is 12.7. The summed E-state index contributed by atoms with van der Waals surface area (Å²) in [5.41, 5.74) is 1.77. The van der Waals surface area contributed by atoms with E-state index in [1.165, 1.54) is 13.8 Å². The van der Waals surface area contributed by atoms with Gasteiger partial charge in [0.25, 0.3) is 0 Å². The Balaban J connectivity index is 2.40. The highest BCUT2D eigenvalue weighted by molar-refractivity contribution is 9.10. The number of esters is 2. The number of ether oxygens (including phenoxy) is 2. The summed E-state index contributed by atoms with van der Waals surface area (Å²) >= 11 is 3.29. The Morgan fingerprint density at radius 3 is 1.83 bits per heavy atom. The van der Waals surface area contributed by atoms with Crippen LogP contribution in [0.2, 0.25) is 0 Å². The number of carbonyl (C=O) groups is 2. The molecule has 0 fully saturated rings. The molecule has 0 aliphatic heterocycles. The predicted molar refractivity (Wildman–Crippen MR) is 92.1 cm³/mol. The molecule has 0 atom stereocenters. The van der Waals surface area contributed by atoms with Crippen molar-refractivity contribution in [1.82, 2.24) is 0 Å². The number of halogens is 1. The largest absolute Gasteiger partial charge is 0.425 e. The van der Waals surface area contributed by atoms with Crippen LogP contribution in [-0.4, -0.2) is 11.9 Å². The molecular formula is C18H15BrO4. The van der Waals surface area contributed by atoms with Gasteiger partial charge in [-0.1, -0.05) is 42.5 Å². The molecule has 4 nitrogen and oxygen atoms in total. The van der Waals surface area contributed by atoms with Gasteiger partial charge in [0.15, 0.2) is 0 Å². The van der Waals surface area contributed by atoms with Crippen molar-refractivity contribution in [3.63, 3.8) is 0 Å². The van der Waals surface area contributed by atoms with Gasteiger partial charge in [-0.2, -0.15) is 0 Å². The highest BCUT2D eigenvalue weighted by atomic mass is 79.9. The lowest BCUT2D eigenvalue weighted by molar-refractivity contribution is -0.132. The molecule has 0 aliphatic rings. The van der Waals surface area contributed by atoms with Crippen LogP contribution in [0.4, 0.5) is 0 Å². The molecule has 0 aromatic heterocycles. The minimum absolute atomic E-state index is 0.295. The van der Waals surface area contributed by atoms with Crippen LogP contribution in [0.25, 0.3) is 12.2 Å². The minimum Gasteiger partial charge on any atom is -0.425 e. The van der Waals surface area contributed by atoms with Crippen molar-refractivity contribution in [3.05, 3.63) is 58.1 Å². The molecule has 118 valence electrons. The monoisotopic (exact) mass is 374 g/mol. The summed E-state index contributed by atoms with van der Waals surface area (Å²) in [5, 5.41) is 0. The third kappa shape index (κ3) is 5.07. The van der Waals surface area contributed by atoms with Crippen molar-refractivity contribution >= 4 is 40.0 Å². The number of rotatable bonds is 4. The van der Waals surface area contributed by atoms with Crippen molar-refractivity contribution < 1.29 is 19.1 Å². The zero-order chi connectivity index (χ0) is 16.8. The Bertz CT molecular complexity index is 714. The third-order valence-corrected chi connectivity index (χ3v) is 3.58. The van der Waals surface area contributed by atoms with Gasteiger partial charge in [0.2, 0.25) is 0 Å². The normalized spacial score (nSPS) is 10.6. The van der Waals surface area contributed by atoms with Crippen molar-refractivity contribution in [3.8, 4) is 11.5 Å². The van der Waals surface area contributed by atoms with E-state index in [1.807, 2.05) is 42.5 Å². The summed E-state index contributed by atoms with van der Waals surface area (Å²) in [6, 6.07) is 13.1. The molecule has 2 rings (SSSR count). The van der Waals surface area contributed by atoms with Crippen LogP contribution in [0, 0.1) is 0 Å². The van der Waals surface area contributed by atoms with Crippen molar-refractivity contribution in [2.24, 2.45) is 0 Å². The van der Waals surface area contributed by atoms with Gasteiger partial charge in [-0.15, -0.1) is 0 Å². The molecule has 0 aliphatic carbocycles. The SMILES string of the molecule is CC(=O)Oc1cc(C=Cc2ccccc2)cc(OC(C)=O)c1Br. The Morgan fingerprint density at radius 2 is 1.35 bits per heavy atom. The molecule has 0 unspecified atom stereocenters. The standard InChI is InChI=1S/C18H15BrO4/c1-12(20)22-16-10-15(9-8-14-6-4-3-5-7-14)11-17(18(16)19)23-13(2)21/h3-11H,1-2H3. The number of hydrogen-bond acceptors (Lipinski definition) is 4. The van der Waals surface area contributed by atoms with Crippen LogP contribution in [0.3, 0.4) is 0 Å². The minimum atomic E-state index is -0.455. The molecule has 23 heavy (non-hydrogen) atoms. The van der Waals surface area contributed by atoms with Crippen molar-refractivity contribution in [1.29, 1.82) is 0 Å². The molecule has 0 N–H and O–H groups in total. The van der Waals surface area contributed by atoms with Crippen molar-refractivity contribution in [2.45, 2.75) is 13.8 Å². The van der Waals surface area contributed by atoms with Crippen LogP contribution < -0.4 is 9.47 Å². The van der Waals surface area contributed by atoms with Crippen LogP contribution in [0.5, 0.6) is 11.5 Å². The quantitative estimate of drug-likeness (QED) is 0.450. The number of benzene rings is 2. The van der Waals surface area contributed by atoms with E-state index in [-0.39, 0.29) is 0 Å². The maximum atomic E-state index is 11.2. The Labute approximate surface area is 142 Å². The first-order valence-corrected chi connectivity index (χ1v) is 7.68. The molecule has 0 heterocycles. The highest BCUT2D eigenvalue weighted by Crippen LogP contribution is 2.36. The molecule has 0 bridgehead atoms. The Kier molecular flexibility index (Phi) is 5.71. The summed E-state index contributed by atoms with van der Waals surface area (Å²) in [5.74, 6) is -0.319. The molecule has 2 aromatic rings. The predicted octanol–water partition coefficient (Wildman–Crippen LogP) is 4.47. The first kappa shape index (κ1) is 17.0. The van der Waals surface area contributed by atoms with E-state index in [1.54, 1.807) is 12.1 Å². The van der Waals surface area contributed by atoms with Crippen LogP contribution in [0.15, 0.2) is 46.9 Å². The molecule has 0 spiro atoms. The molecule has 0 amide bonds. The molecular weight excluding hydrogens is 360 g/mol. The average molecular weight is 375 g/mol. The molecule has 0 saturated carbocycles. The smallest absolute Gasteiger partial charge is 0.308 e. The summed E-state index contributed by atoms with van der Waals surface area (Å²) < 4.78 is 10.7. The van der Waals surface area contributed by atoms with Crippen molar-refractivity contribution in [2.75, 3.05) is 0 Å². The number of hydrogen-bond donors (Lipinski definition) is 0. The lowest BCUT2D eigenvalue weighted by atomic mass is 10.1. The molecule has 0 radical (unpaired) electrons. The summed E-state index contributed by atoms with van der Waals surface area (Å²) in [7, 11) is 0. The van der Waals surface area contributed by atoms with Gasteiger partial charge in [-0.25, -0.2) is 0 Å². The maximum Gasteiger partial charge on any atom is 0.308 e. The van der Waals surface area contributed by atoms with Gasteiger partial charge in [0.1, 0.15) is 16.0 Å². The third-order valence-electron chi connectivity index (χ3n) is 2.80. The number of carbonyl (C=O) groups excluding carboxylic acids is 2. The molecule has 2 aromatic carbocycles. The second kappa shape index (κ2) is 7.74. The lowest BCUT2D eigenvalue weighted by Crippen LogP contribution is -2.06. The molecule has 0 saturated heterocycles. The van der Waals surface area contributed by atoms with Gasteiger partial charge >= 0.3 is 11.9 Å². The lowest BCUT2D eigenvalue weighted by Gasteiger charge is -2.10. The second-order valence-electron chi connectivity index (χ2n) is 4.76. The molecule has 5 heteroatoms. The summed E-state index contributed by atoms with van der Waals surface area (Å²) in [4.78, 5) is 22.4.